The lowest BCUT2D eigenvalue weighted by Crippen LogP contribution is -2.07. The number of benzene rings is 1. The summed E-state index contributed by atoms with van der Waals surface area (Å²) < 4.78 is 4.87. The lowest BCUT2D eigenvalue weighted by Gasteiger charge is -2.05. The standard InChI is InChI=1S/C14H12ClN3O2S/c1-2-20-13(19)6-10-8-21-14(17-10)18-12-5-9(7-16)3-4-11(12)15/h3-5,8H,2,6H2,1H3,(H,17,18). The minimum atomic E-state index is -0.307. The summed E-state index contributed by atoms with van der Waals surface area (Å²) in [6.45, 7) is 2.11. The van der Waals surface area contributed by atoms with Crippen LogP contribution in [0.5, 0.6) is 0 Å². The zero-order chi connectivity index (χ0) is 15.2. The molecular weight excluding hydrogens is 310 g/mol. The summed E-state index contributed by atoms with van der Waals surface area (Å²) >= 11 is 7.42. The minimum Gasteiger partial charge on any atom is -0.466 e. The van der Waals surface area contributed by atoms with Gasteiger partial charge in [0, 0.05) is 5.38 Å². The maximum Gasteiger partial charge on any atom is 0.311 e. The van der Waals surface area contributed by atoms with Crippen LogP contribution in [0.1, 0.15) is 18.2 Å². The number of rotatable bonds is 5. The molecule has 1 heterocycles. The van der Waals surface area contributed by atoms with Crippen LogP contribution < -0.4 is 5.32 Å². The van der Waals surface area contributed by atoms with Gasteiger partial charge >= 0.3 is 5.97 Å². The van der Waals surface area contributed by atoms with Crippen LogP contribution in [-0.2, 0) is 16.0 Å². The number of carbonyl (C=O) groups is 1. The normalized spacial score (nSPS) is 9.95. The lowest BCUT2D eigenvalue weighted by atomic mass is 10.2. The number of nitrogens with one attached hydrogen (secondary N) is 1. The molecule has 0 atom stereocenters. The van der Waals surface area contributed by atoms with Crippen molar-refractivity contribution in [2.45, 2.75) is 13.3 Å². The fraction of sp³-hybridized carbons (Fsp3) is 0.214. The zero-order valence-corrected chi connectivity index (χ0v) is 12.8. The van der Waals surface area contributed by atoms with Gasteiger partial charge in [0.05, 0.1) is 41.1 Å². The number of nitriles is 1. The molecule has 0 amide bonds. The largest absolute Gasteiger partial charge is 0.466 e. The molecule has 0 fully saturated rings. The Hall–Kier alpha value is -2.10. The minimum absolute atomic E-state index is 0.137. The van der Waals surface area contributed by atoms with Crippen LogP contribution in [0.3, 0.4) is 0 Å². The summed E-state index contributed by atoms with van der Waals surface area (Å²) in [5, 5.41) is 14.8. The maximum absolute atomic E-state index is 11.4. The molecule has 2 rings (SSSR count). The molecule has 0 aliphatic carbocycles. The summed E-state index contributed by atoms with van der Waals surface area (Å²) in [6.07, 6.45) is 0.137. The molecule has 0 radical (unpaired) electrons. The molecule has 0 saturated carbocycles. The third-order valence-corrected chi connectivity index (χ3v) is 3.66. The summed E-state index contributed by atoms with van der Waals surface area (Å²) in [4.78, 5) is 15.7. The predicted molar refractivity (Wildman–Crippen MR) is 81.9 cm³/mol. The molecule has 5 nitrogen and oxygen atoms in total. The predicted octanol–water partition coefficient (Wildman–Crippen LogP) is 3.52. The van der Waals surface area contributed by atoms with E-state index in [4.69, 9.17) is 21.6 Å². The van der Waals surface area contributed by atoms with Crippen molar-refractivity contribution in [1.82, 2.24) is 4.98 Å². The summed E-state index contributed by atoms with van der Waals surface area (Å²) in [5.41, 5.74) is 1.74. The second kappa shape index (κ2) is 7.07. The number of aromatic nitrogens is 1. The van der Waals surface area contributed by atoms with Gasteiger partial charge in [-0.2, -0.15) is 5.26 Å². The number of ether oxygens (including phenoxy) is 1. The van der Waals surface area contributed by atoms with E-state index in [0.717, 1.165) is 0 Å². The van der Waals surface area contributed by atoms with Crippen molar-refractivity contribution in [3.05, 3.63) is 39.9 Å². The summed E-state index contributed by atoms with van der Waals surface area (Å²) in [5.74, 6) is -0.307. The second-order valence-electron chi connectivity index (χ2n) is 4.06. The molecule has 0 aliphatic heterocycles. The molecule has 2 aromatic rings. The molecule has 1 aromatic heterocycles. The van der Waals surface area contributed by atoms with Crippen molar-refractivity contribution in [2.75, 3.05) is 11.9 Å². The number of hydrogen-bond acceptors (Lipinski definition) is 6. The van der Waals surface area contributed by atoms with Crippen LogP contribution in [0.25, 0.3) is 0 Å². The van der Waals surface area contributed by atoms with Gasteiger partial charge in [-0.05, 0) is 25.1 Å². The van der Waals surface area contributed by atoms with E-state index < -0.39 is 0 Å². The van der Waals surface area contributed by atoms with E-state index in [-0.39, 0.29) is 12.4 Å². The molecule has 0 spiro atoms. The van der Waals surface area contributed by atoms with Crippen molar-refractivity contribution in [3.8, 4) is 6.07 Å². The highest BCUT2D eigenvalue weighted by Gasteiger charge is 2.10. The molecule has 1 aromatic carbocycles. The molecule has 21 heavy (non-hydrogen) atoms. The first-order valence-corrected chi connectivity index (χ1v) is 7.45. The topological polar surface area (TPSA) is 75.0 Å². The maximum atomic E-state index is 11.4. The monoisotopic (exact) mass is 321 g/mol. The van der Waals surface area contributed by atoms with Gasteiger partial charge in [-0.25, -0.2) is 4.98 Å². The van der Waals surface area contributed by atoms with Crippen LogP contribution in [0, 0.1) is 11.3 Å². The number of thiazole rings is 1. The molecule has 0 bridgehead atoms. The smallest absolute Gasteiger partial charge is 0.311 e. The van der Waals surface area contributed by atoms with E-state index in [0.29, 0.717) is 33.7 Å². The first-order valence-electron chi connectivity index (χ1n) is 6.19. The number of carbonyl (C=O) groups excluding carboxylic acids is 1. The average Bonchev–Trinajstić information content (AvgIpc) is 2.88. The van der Waals surface area contributed by atoms with E-state index in [1.165, 1.54) is 11.3 Å². The van der Waals surface area contributed by atoms with E-state index in [2.05, 4.69) is 10.3 Å². The van der Waals surface area contributed by atoms with Gasteiger partial charge in [0.15, 0.2) is 5.13 Å². The number of esters is 1. The van der Waals surface area contributed by atoms with E-state index >= 15 is 0 Å². The Balaban J connectivity index is 2.09. The number of halogens is 1. The van der Waals surface area contributed by atoms with Crippen molar-refractivity contribution in [2.24, 2.45) is 0 Å². The highest BCUT2D eigenvalue weighted by atomic mass is 35.5. The highest BCUT2D eigenvalue weighted by molar-refractivity contribution is 7.13. The van der Waals surface area contributed by atoms with Gasteiger partial charge in [0.2, 0.25) is 0 Å². The average molecular weight is 322 g/mol. The number of anilines is 2. The molecule has 0 unspecified atom stereocenters. The first kappa shape index (κ1) is 15.3. The molecular formula is C14H12ClN3O2S. The van der Waals surface area contributed by atoms with Crippen LogP contribution in [0.15, 0.2) is 23.6 Å². The molecule has 1 N–H and O–H groups in total. The SMILES string of the molecule is CCOC(=O)Cc1csc(Nc2cc(C#N)ccc2Cl)n1. The van der Waals surface area contributed by atoms with Crippen molar-refractivity contribution >= 4 is 39.7 Å². The van der Waals surface area contributed by atoms with Gasteiger partial charge in [-0.15, -0.1) is 11.3 Å². The summed E-state index contributed by atoms with van der Waals surface area (Å²) in [7, 11) is 0. The Morgan fingerprint density at radius 2 is 2.38 bits per heavy atom. The fourth-order valence-corrected chi connectivity index (χ4v) is 2.50. The van der Waals surface area contributed by atoms with Crippen molar-refractivity contribution in [3.63, 3.8) is 0 Å². The highest BCUT2D eigenvalue weighted by Crippen LogP contribution is 2.28. The first-order chi connectivity index (χ1) is 10.1. The van der Waals surface area contributed by atoms with Crippen molar-refractivity contribution < 1.29 is 9.53 Å². The molecule has 0 aliphatic rings. The van der Waals surface area contributed by atoms with Gasteiger partial charge in [-0.1, -0.05) is 11.6 Å². The Kier molecular flexibility index (Phi) is 5.14. The van der Waals surface area contributed by atoms with E-state index in [9.17, 15) is 4.79 Å². The van der Waals surface area contributed by atoms with E-state index in [1.54, 1.807) is 30.5 Å². The number of nitrogens with zero attached hydrogens (tertiary/aromatic N) is 2. The van der Waals surface area contributed by atoms with Gasteiger partial charge in [0.25, 0.3) is 0 Å². The van der Waals surface area contributed by atoms with Crippen molar-refractivity contribution in [1.29, 1.82) is 5.26 Å². The third kappa shape index (κ3) is 4.18. The van der Waals surface area contributed by atoms with Gasteiger partial charge in [-0.3, -0.25) is 4.79 Å². The van der Waals surface area contributed by atoms with Gasteiger partial charge in [0.1, 0.15) is 0 Å². The third-order valence-electron chi connectivity index (χ3n) is 2.52. The number of hydrogen-bond donors (Lipinski definition) is 1. The van der Waals surface area contributed by atoms with Gasteiger partial charge < -0.3 is 10.1 Å². The van der Waals surface area contributed by atoms with Crippen LogP contribution in [-0.4, -0.2) is 17.6 Å². The molecule has 108 valence electrons. The second-order valence-corrected chi connectivity index (χ2v) is 5.32. The molecule has 7 heteroatoms. The summed E-state index contributed by atoms with van der Waals surface area (Å²) in [6, 6.07) is 6.99. The zero-order valence-electron chi connectivity index (χ0n) is 11.2. The van der Waals surface area contributed by atoms with E-state index in [1.807, 2.05) is 6.07 Å². The van der Waals surface area contributed by atoms with Crippen LogP contribution in [0.2, 0.25) is 5.02 Å². The quantitative estimate of drug-likeness (QED) is 0.853. The Morgan fingerprint density at radius 1 is 1.57 bits per heavy atom. The van der Waals surface area contributed by atoms with Crippen LogP contribution in [0.4, 0.5) is 10.8 Å². The molecule has 0 saturated heterocycles. The Bertz CT molecular complexity index is 694. The van der Waals surface area contributed by atoms with Crippen LogP contribution >= 0.6 is 22.9 Å². The fourth-order valence-electron chi connectivity index (χ4n) is 1.61. The Labute approximate surface area is 131 Å². The lowest BCUT2D eigenvalue weighted by molar-refractivity contribution is -0.142. The Morgan fingerprint density at radius 3 is 3.10 bits per heavy atom.